The predicted molar refractivity (Wildman–Crippen MR) is 108 cm³/mol. The number of hydrogen-bond donors (Lipinski definition) is 2. The molecule has 154 valence electrons. The van der Waals surface area contributed by atoms with E-state index in [2.05, 4.69) is 20.8 Å². The molecule has 0 radical (unpaired) electrons. The molecule has 1 unspecified atom stereocenters. The van der Waals surface area contributed by atoms with Crippen LogP contribution >= 0.6 is 0 Å². The fourth-order valence-corrected chi connectivity index (χ4v) is 4.70. The average molecular weight is 396 g/mol. The minimum atomic E-state index is 0.109. The molecule has 1 aromatic carbocycles. The van der Waals surface area contributed by atoms with Crippen LogP contribution in [0.2, 0.25) is 0 Å². The number of nitrogens with zero attached hydrogens (tertiary/aromatic N) is 2. The van der Waals surface area contributed by atoms with Crippen molar-refractivity contribution in [1.29, 1.82) is 0 Å². The Bertz CT molecular complexity index is 870. The van der Waals surface area contributed by atoms with Gasteiger partial charge in [0.2, 0.25) is 17.6 Å². The van der Waals surface area contributed by atoms with E-state index in [1.165, 1.54) is 0 Å². The summed E-state index contributed by atoms with van der Waals surface area (Å²) < 4.78 is 11.1. The molecule has 29 heavy (non-hydrogen) atoms. The first-order chi connectivity index (χ1) is 14.2. The van der Waals surface area contributed by atoms with Crippen molar-refractivity contribution in [2.24, 2.45) is 11.8 Å². The van der Waals surface area contributed by atoms with Gasteiger partial charge in [0.15, 0.2) is 0 Å². The van der Waals surface area contributed by atoms with Gasteiger partial charge in [-0.2, -0.15) is 4.98 Å². The average Bonchev–Trinajstić information content (AvgIpc) is 3.29. The molecule has 3 aliphatic rings. The molecular formula is C22H28N4O3. The second kappa shape index (κ2) is 7.88. The van der Waals surface area contributed by atoms with Gasteiger partial charge in [0, 0.05) is 42.3 Å². The quantitative estimate of drug-likeness (QED) is 0.807. The number of nitrogens with one attached hydrogen (secondary N) is 2. The van der Waals surface area contributed by atoms with E-state index >= 15 is 0 Å². The highest BCUT2D eigenvalue weighted by Gasteiger charge is 2.40. The Labute approximate surface area is 170 Å². The zero-order chi connectivity index (χ0) is 19.7. The largest absolute Gasteiger partial charge is 0.381 e. The number of rotatable bonds is 5. The van der Waals surface area contributed by atoms with E-state index in [1.807, 2.05) is 24.3 Å². The van der Waals surface area contributed by atoms with Crippen LogP contribution in [-0.4, -0.2) is 41.3 Å². The number of hydrogen-bond acceptors (Lipinski definition) is 6. The molecule has 7 heteroatoms. The summed E-state index contributed by atoms with van der Waals surface area (Å²) in [6.07, 6.45) is 7.22. The first-order valence-electron chi connectivity index (χ1n) is 10.8. The topological polar surface area (TPSA) is 89.3 Å². The number of amides is 1. The van der Waals surface area contributed by atoms with Crippen LogP contribution in [0, 0.1) is 11.8 Å². The molecule has 2 aromatic rings. The van der Waals surface area contributed by atoms with Crippen LogP contribution in [0.25, 0.3) is 11.4 Å². The van der Waals surface area contributed by atoms with Gasteiger partial charge in [-0.3, -0.25) is 4.79 Å². The Balaban J connectivity index is 1.22. The molecular weight excluding hydrogens is 368 g/mol. The Morgan fingerprint density at radius 2 is 2.14 bits per heavy atom. The maximum Gasteiger partial charge on any atom is 0.227 e. The van der Waals surface area contributed by atoms with E-state index < -0.39 is 0 Å². The Morgan fingerprint density at radius 3 is 2.93 bits per heavy atom. The van der Waals surface area contributed by atoms with E-state index in [-0.39, 0.29) is 17.4 Å². The van der Waals surface area contributed by atoms with E-state index in [0.717, 1.165) is 76.0 Å². The van der Waals surface area contributed by atoms with Crippen molar-refractivity contribution in [3.8, 4) is 11.4 Å². The molecule has 3 heterocycles. The Morgan fingerprint density at radius 1 is 1.28 bits per heavy atom. The van der Waals surface area contributed by atoms with Crippen LogP contribution in [0.5, 0.6) is 0 Å². The molecule has 1 amide bonds. The maximum atomic E-state index is 12.2. The molecule has 1 spiro atoms. The van der Waals surface area contributed by atoms with Gasteiger partial charge < -0.3 is 19.9 Å². The van der Waals surface area contributed by atoms with Crippen molar-refractivity contribution in [2.45, 2.75) is 50.5 Å². The lowest BCUT2D eigenvalue weighted by Crippen LogP contribution is -2.44. The molecule has 2 N–H and O–H groups in total. The standard InChI is InChI=1S/C22H28N4O3/c27-21(16-3-1-4-16)24-18-6-2-5-17(12-18)20-25-19(29-26-20)11-15-13-22(23-14-15)7-9-28-10-8-22/h2,5-6,12,15-16,23H,1,3-4,7-11,13-14H2,(H,24,27). The molecule has 3 fully saturated rings. The molecule has 2 saturated heterocycles. The minimum absolute atomic E-state index is 0.109. The van der Waals surface area contributed by atoms with Crippen molar-refractivity contribution in [3.05, 3.63) is 30.2 Å². The van der Waals surface area contributed by atoms with Gasteiger partial charge >= 0.3 is 0 Å². The number of aromatic nitrogens is 2. The lowest BCUT2D eigenvalue weighted by molar-refractivity contribution is -0.122. The van der Waals surface area contributed by atoms with Crippen LogP contribution in [0.4, 0.5) is 5.69 Å². The van der Waals surface area contributed by atoms with Crippen LogP contribution < -0.4 is 10.6 Å². The number of carbonyl (C=O) groups excluding carboxylic acids is 1. The van der Waals surface area contributed by atoms with Gasteiger partial charge in [0.05, 0.1) is 0 Å². The highest BCUT2D eigenvalue weighted by Crippen LogP contribution is 2.34. The maximum absolute atomic E-state index is 12.2. The fraction of sp³-hybridized carbons (Fsp3) is 0.591. The predicted octanol–water partition coefficient (Wildman–Crippen LogP) is 3.18. The van der Waals surface area contributed by atoms with Gasteiger partial charge in [0.25, 0.3) is 0 Å². The van der Waals surface area contributed by atoms with Gasteiger partial charge in [-0.05, 0) is 56.7 Å². The molecule has 5 rings (SSSR count). The van der Waals surface area contributed by atoms with E-state index in [0.29, 0.717) is 17.6 Å². The van der Waals surface area contributed by atoms with Crippen LogP contribution in [-0.2, 0) is 16.0 Å². The van der Waals surface area contributed by atoms with Gasteiger partial charge in [0.1, 0.15) is 0 Å². The zero-order valence-corrected chi connectivity index (χ0v) is 16.7. The van der Waals surface area contributed by atoms with E-state index in [4.69, 9.17) is 9.26 Å². The van der Waals surface area contributed by atoms with Crippen LogP contribution in [0.1, 0.15) is 44.4 Å². The summed E-state index contributed by atoms with van der Waals surface area (Å²) in [7, 11) is 0. The molecule has 1 atom stereocenters. The van der Waals surface area contributed by atoms with E-state index in [1.54, 1.807) is 0 Å². The SMILES string of the molecule is O=C(Nc1cccc(-c2noc(CC3CNC4(CCOCC4)C3)n2)c1)C1CCC1. The zero-order valence-electron chi connectivity index (χ0n) is 16.7. The van der Waals surface area contributed by atoms with Gasteiger partial charge in [-0.25, -0.2) is 0 Å². The summed E-state index contributed by atoms with van der Waals surface area (Å²) in [6, 6.07) is 7.68. The van der Waals surface area contributed by atoms with Crippen LogP contribution in [0.15, 0.2) is 28.8 Å². The first kappa shape index (κ1) is 18.8. The van der Waals surface area contributed by atoms with Crippen molar-refractivity contribution < 1.29 is 14.1 Å². The monoisotopic (exact) mass is 396 g/mol. The molecule has 1 saturated carbocycles. The highest BCUT2D eigenvalue weighted by molar-refractivity contribution is 5.93. The number of anilines is 1. The highest BCUT2D eigenvalue weighted by atomic mass is 16.5. The lowest BCUT2D eigenvalue weighted by atomic mass is 9.85. The number of ether oxygens (including phenoxy) is 1. The second-order valence-corrected chi connectivity index (χ2v) is 8.76. The van der Waals surface area contributed by atoms with Gasteiger partial charge in [-0.1, -0.05) is 23.7 Å². The third kappa shape index (κ3) is 4.07. The third-order valence-corrected chi connectivity index (χ3v) is 6.69. The lowest BCUT2D eigenvalue weighted by Gasteiger charge is -2.33. The first-order valence-corrected chi connectivity index (χ1v) is 10.8. The summed E-state index contributed by atoms with van der Waals surface area (Å²) in [6.45, 7) is 2.68. The second-order valence-electron chi connectivity index (χ2n) is 8.76. The number of carbonyl (C=O) groups is 1. The summed E-state index contributed by atoms with van der Waals surface area (Å²) >= 11 is 0. The Hall–Kier alpha value is -2.25. The molecule has 2 aliphatic heterocycles. The molecule has 7 nitrogen and oxygen atoms in total. The fourth-order valence-electron chi connectivity index (χ4n) is 4.70. The van der Waals surface area contributed by atoms with Crippen molar-refractivity contribution >= 4 is 11.6 Å². The summed E-state index contributed by atoms with van der Waals surface area (Å²) in [5.74, 6) is 2.04. The molecule has 1 aromatic heterocycles. The van der Waals surface area contributed by atoms with Gasteiger partial charge in [-0.15, -0.1) is 0 Å². The minimum Gasteiger partial charge on any atom is -0.381 e. The summed E-state index contributed by atoms with van der Waals surface area (Å²) in [5.41, 5.74) is 1.88. The summed E-state index contributed by atoms with van der Waals surface area (Å²) in [5, 5.41) is 10.9. The van der Waals surface area contributed by atoms with E-state index in [9.17, 15) is 4.79 Å². The van der Waals surface area contributed by atoms with Crippen molar-refractivity contribution in [2.75, 3.05) is 25.1 Å². The smallest absolute Gasteiger partial charge is 0.227 e. The van der Waals surface area contributed by atoms with Crippen molar-refractivity contribution in [3.63, 3.8) is 0 Å². The normalized spacial score (nSPS) is 23.8. The number of benzene rings is 1. The Kier molecular flexibility index (Phi) is 5.09. The van der Waals surface area contributed by atoms with Crippen molar-refractivity contribution in [1.82, 2.24) is 15.5 Å². The molecule has 0 bridgehead atoms. The molecule has 1 aliphatic carbocycles. The summed E-state index contributed by atoms with van der Waals surface area (Å²) in [4.78, 5) is 16.8. The third-order valence-electron chi connectivity index (χ3n) is 6.69. The van der Waals surface area contributed by atoms with Crippen LogP contribution in [0.3, 0.4) is 0 Å².